The van der Waals surface area contributed by atoms with Gasteiger partial charge in [-0.05, 0) is 30.9 Å². The molecule has 4 nitrogen and oxygen atoms in total. The van der Waals surface area contributed by atoms with Gasteiger partial charge in [0.25, 0.3) is 5.91 Å². The monoisotopic (exact) mass is 261 g/mol. The van der Waals surface area contributed by atoms with E-state index in [0.717, 1.165) is 25.3 Å². The number of hydrogen-bond donors (Lipinski definition) is 0. The third-order valence-electron chi connectivity index (χ3n) is 3.75. The number of ether oxygens (including phenoxy) is 2. The zero-order valence-electron chi connectivity index (χ0n) is 11.2. The second kappa shape index (κ2) is 5.11. The summed E-state index contributed by atoms with van der Waals surface area (Å²) < 4.78 is 11.4. The van der Waals surface area contributed by atoms with Crippen LogP contribution in [0.3, 0.4) is 0 Å². The van der Waals surface area contributed by atoms with Crippen LogP contribution < -0.4 is 9.47 Å². The van der Waals surface area contributed by atoms with E-state index in [9.17, 15) is 4.79 Å². The van der Waals surface area contributed by atoms with Gasteiger partial charge in [0.2, 0.25) is 6.10 Å². The smallest absolute Gasteiger partial charge is 0.267 e. The Labute approximate surface area is 113 Å². The summed E-state index contributed by atoms with van der Waals surface area (Å²) in [5, 5.41) is 0. The molecule has 1 amide bonds. The van der Waals surface area contributed by atoms with Crippen LogP contribution in [0, 0.1) is 5.92 Å². The summed E-state index contributed by atoms with van der Waals surface area (Å²) in [5.41, 5.74) is 0. The van der Waals surface area contributed by atoms with Gasteiger partial charge in [-0.1, -0.05) is 19.1 Å². The van der Waals surface area contributed by atoms with E-state index in [-0.39, 0.29) is 5.91 Å². The summed E-state index contributed by atoms with van der Waals surface area (Å²) in [6.07, 6.45) is 1.78. The van der Waals surface area contributed by atoms with Gasteiger partial charge in [-0.25, -0.2) is 0 Å². The number of rotatable bonds is 1. The van der Waals surface area contributed by atoms with Crippen molar-refractivity contribution in [2.45, 2.75) is 25.9 Å². The van der Waals surface area contributed by atoms with E-state index >= 15 is 0 Å². The molecule has 1 aromatic carbocycles. The lowest BCUT2D eigenvalue weighted by Crippen LogP contribution is -2.49. The second-order valence-corrected chi connectivity index (χ2v) is 5.40. The molecule has 2 heterocycles. The van der Waals surface area contributed by atoms with Gasteiger partial charge < -0.3 is 14.4 Å². The Hall–Kier alpha value is -1.71. The first-order valence-electron chi connectivity index (χ1n) is 6.91. The number of carbonyl (C=O) groups excluding carboxylic acids is 1. The van der Waals surface area contributed by atoms with Gasteiger partial charge in [-0.3, -0.25) is 4.79 Å². The Balaban J connectivity index is 1.69. The van der Waals surface area contributed by atoms with Gasteiger partial charge in [-0.15, -0.1) is 0 Å². The van der Waals surface area contributed by atoms with Crippen molar-refractivity contribution in [3.8, 4) is 11.5 Å². The molecule has 102 valence electrons. The van der Waals surface area contributed by atoms with Gasteiger partial charge in [0.15, 0.2) is 11.5 Å². The Bertz CT molecular complexity index is 474. The van der Waals surface area contributed by atoms with Crippen LogP contribution in [0.4, 0.5) is 0 Å². The fourth-order valence-electron chi connectivity index (χ4n) is 2.73. The lowest BCUT2D eigenvalue weighted by Gasteiger charge is -2.35. The summed E-state index contributed by atoms with van der Waals surface area (Å²) in [5.74, 6) is 2.02. The number of benzene rings is 1. The van der Waals surface area contributed by atoms with E-state index in [1.807, 2.05) is 29.2 Å². The Morgan fingerprint density at radius 3 is 2.89 bits per heavy atom. The molecule has 0 radical (unpaired) electrons. The van der Waals surface area contributed by atoms with Crippen LogP contribution in [-0.2, 0) is 4.79 Å². The van der Waals surface area contributed by atoms with E-state index < -0.39 is 6.10 Å². The van der Waals surface area contributed by atoms with Crippen molar-refractivity contribution in [2.24, 2.45) is 5.92 Å². The number of likely N-dealkylation sites (tertiary alicyclic amines) is 1. The third-order valence-corrected chi connectivity index (χ3v) is 3.75. The Kier molecular flexibility index (Phi) is 3.32. The standard InChI is InChI=1S/C15H19NO3/c1-11-5-4-8-16(9-11)15(17)14-10-18-12-6-2-3-7-13(12)19-14/h2-3,6-7,11,14H,4-5,8-10H2,1H3/t11-,14-/m0/s1. The molecule has 0 spiro atoms. The van der Waals surface area contributed by atoms with Gasteiger partial charge in [0, 0.05) is 13.1 Å². The minimum Gasteiger partial charge on any atom is -0.485 e. The van der Waals surface area contributed by atoms with Crippen LogP contribution in [0.1, 0.15) is 19.8 Å². The maximum absolute atomic E-state index is 12.4. The Morgan fingerprint density at radius 2 is 2.11 bits per heavy atom. The number of hydrogen-bond acceptors (Lipinski definition) is 3. The minimum absolute atomic E-state index is 0.0565. The number of carbonyl (C=O) groups is 1. The van der Waals surface area contributed by atoms with Crippen LogP contribution >= 0.6 is 0 Å². The summed E-state index contributed by atoms with van der Waals surface area (Å²) in [7, 11) is 0. The minimum atomic E-state index is -0.500. The molecule has 1 fully saturated rings. The van der Waals surface area contributed by atoms with Crippen LogP contribution in [0.5, 0.6) is 11.5 Å². The van der Waals surface area contributed by atoms with Crippen molar-refractivity contribution in [2.75, 3.05) is 19.7 Å². The molecular weight excluding hydrogens is 242 g/mol. The number of amides is 1. The van der Waals surface area contributed by atoms with Crippen LogP contribution in [0.2, 0.25) is 0 Å². The molecule has 2 aliphatic rings. The first-order valence-corrected chi connectivity index (χ1v) is 6.91. The lowest BCUT2D eigenvalue weighted by atomic mass is 10.00. The molecule has 19 heavy (non-hydrogen) atoms. The highest BCUT2D eigenvalue weighted by molar-refractivity contribution is 5.82. The zero-order chi connectivity index (χ0) is 13.2. The Morgan fingerprint density at radius 1 is 1.32 bits per heavy atom. The van der Waals surface area contributed by atoms with E-state index in [1.54, 1.807) is 0 Å². The summed E-state index contributed by atoms with van der Waals surface area (Å²) in [6.45, 7) is 4.17. The molecule has 4 heteroatoms. The van der Waals surface area contributed by atoms with Crippen molar-refractivity contribution in [1.82, 2.24) is 4.90 Å². The van der Waals surface area contributed by atoms with E-state index in [4.69, 9.17) is 9.47 Å². The lowest BCUT2D eigenvalue weighted by molar-refractivity contribution is -0.142. The van der Waals surface area contributed by atoms with E-state index in [1.165, 1.54) is 6.42 Å². The molecule has 0 unspecified atom stereocenters. The molecule has 1 saturated heterocycles. The van der Waals surface area contributed by atoms with Crippen LogP contribution in [0.25, 0.3) is 0 Å². The van der Waals surface area contributed by atoms with Crippen LogP contribution in [-0.4, -0.2) is 36.6 Å². The van der Waals surface area contributed by atoms with Gasteiger partial charge in [0.05, 0.1) is 0 Å². The molecule has 0 bridgehead atoms. The first-order chi connectivity index (χ1) is 9.24. The normalized spacial score (nSPS) is 26.1. The van der Waals surface area contributed by atoms with E-state index in [2.05, 4.69) is 6.92 Å². The average Bonchev–Trinajstić information content (AvgIpc) is 2.46. The highest BCUT2D eigenvalue weighted by Gasteiger charge is 2.32. The molecule has 1 aromatic rings. The summed E-state index contributed by atoms with van der Waals surface area (Å²) >= 11 is 0. The van der Waals surface area contributed by atoms with Crippen molar-refractivity contribution in [3.63, 3.8) is 0 Å². The molecule has 0 aromatic heterocycles. The molecule has 0 saturated carbocycles. The molecule has 3 rings (SSSR count). The highest BCUT2D eigenvalue weighted by atomic mass is 16.6. The summed E-state index contributed by atoms with van der Waals surface area (Å²) in [6, 6.07) is 7.49. The van der Waals surface area contributed by atoms with E-state index in [0.29, 0.717) is 18.3 Å². The van der Waals surface area contributed by atoms with Crippen molar-refractivity contribution in [1.29, 1.82) is 0 Å². The van der Waals surface area contributed by atoms with Crippen molar-refractivity contribution in [3.05, 3.63) is 24.3 Å². The van der Waals surface area contributed by atoms with Crippen molar-refractivity contribution < 1.29 is 14.3 Å². The predicted octanol–water partition coefficient (Wildman–Crippen LogP) is 2.08. The largest absolute Gasteiger partial charge is 0.485 e. The fourth-order valence-corrected chi connectivity index (χ4v) is 2.73. The van der Waals surface area contributed by atoms with Gasteiger partial charge >= 0.3 is 0 Å². The number of para-hydroxylation sites is 2. The van der Waals surface area contributed by atoms with Crippen LogP contribution in [0.15, 0.2) is 24.3 Å². The maximum Gasteiger partial charge on any atom is 0.267 e. The predicted molar refractivity (Wildman–Crippen MR) is 71.3 cm³/mol. The number of nitrogens with zero attached hydrogens (tertiary/aromatic N) is 1. The first kappa shape index (κ1) is 12.3. The molecule has 0 aliphatic carbocycles. The third kappa shape index (κ3) is 2.53. The molecule has 2 aliphatic heterocycles. The molecular formula is C15H19NO3. The topological polar surface area (TPSA) is 38.8 Å². The zero-order valence-corrected chi connectivity index (χ0v) is 11.2. The van der Waals surface area contributed by atoms with Crippen molar-refractivity contribution >= 4 is 5.91 Å². The second-order valence-electron chi connectivity index (χ2n) is 5.40. The summed E-state index contributed by atoms with van der Waals surface area (Å²) in [4.78, 5) is 14.3. The highest BCUT2D eigenvalue weighted by Crippen LogP contribution is 2.31. The fraction of sp³-hybridized carbons (Fsp3) is 0.533. The SMILES string of the molecule is C[C@H]1CCCN(C(=O)[C@@H]2COc3ccccc3O2)C1. The molecule has 2 atom stereocenters. The quantitative estimate of drug-likeness (QED) is 0.777. The maximum atomic E-state index is 12.4. The van der Waals surface area contributed by atoms with Gasteiger partial charge in [-0.2, -0.15) is 0 Å². The molecule has 0 N–H and O–H groups in total. The number of fused-ring (bicyclic) bond motifs is 1. The average molecular weight is 261 g/mol. The number of piperidine rings is 1. The van der Waals surface area contributed by atoms with Gasteiger partial charge in [0.1, 0.15) is 6.61 Å².